The average Bonchev–Trinajstić information content (AvgIpc) is 1.50. The van der Waals surface area contributed by atoms with E-state index in [1.807, 2.05) is 0 Å². The predicted molar refractivity (Wildman–Crippen MR) is 622 cm³/mol. The summed E-state index contributed by atoms with van der Waals surface area (Å²) in [6.45, 7) is 60.6. The van der Waals surface area contributed by atoms with E-state index in [0.29, 0.717) is 0 Å². The first kappa shape index (κ1) is 97.4. The highest BCUT2D eigenvalue weighted by molar-refractivity contribution is 6.03. The third kappa shape index (κ3) is 18.8. The van der Waals surface area contributed by atoms with Gasteiger partial charge in [-0.3, -0.25) is 0 Å². The van der Waals surface area contributed by atoms with Gasteiger partial charge in [-0.2, -0.15) is 0 Å². The Hall–Kier alpha value is -14.0. The Morgan fingerprint density at radius 3 is 0.549 bits per heavy atom. The summed E-state index contributed by atoms with van der Waals surface area (Å²) in [7, 11) is 0. The molecule has 0 heterocycles. The maximum absolute atomic E-state index is 2.66. The molecule has 20 rings (SSSR count). The van der Waals surface area contributed by atoms with Crippen LogP contribution >= 0.6 is 0 Å². The highest BCUT2D eigenvalue weighted by atomic mass is 14.5. The van der Waals surface area contributed by atoms with Crippen molar-refractivity contribution in [3.8, 4) is 167 Å². The summed E-state index contributed by atoms with van der Waals surface area (Å²) in [6.07, 6.45) is 0. The fourth-order valence-electron chi connectivity index (χ4n) is 22.4. The van der Waals surface area contributed by atoms with Crippen molar-refractivity contribution in [2.24, 2.45) is 0 Å². The molecule has 0 fully saturated rings. The van der Waals surface area contributed by atoms with Crippen LogP contribution in [0.1, 0.15) is 258 Å². The van der Waals surface area contributed by atoms with Crippen molar-refractivity contribution in [3.63, 3.8) is 0 Å². The monoisotopic (exact) mass is 1870 g/mol. The lowest BCUT2D eigenvalue weighted by Crippen LogP contribution is -2.29. The molecule has 18 aromatic rings. The normalized spacial score (nSPS) is 13.6. The van der Waals surface area contributed by atoms with Crippen molar-refractivity contribution in [2.45, 2.75) is 234 Å². The van der Waals surface area contributed by atoms with E-state index in [1.165, 1.54) is 89.0 Å². The molecule has 0 spiro atoms. The zero-order chi connectivity index (χ0) is 102. The molecular weight excluding hydrogens is 1730 g/mol. The fraction of sp³-hybridized carbons (Fsp3) is 0.250. The Morgan fingerprint density at radius 2 is 0.312 bits per heavy atom. The quantitative estimate of drug-likeness (QED) is 0.0960. The van der Waals surface area contributed by atoms with Gasteiger partial charge in [0, 0.05) is 5.41 Å². The van der Waals surface area contributed by atoms with Crippen LogP contribution in [0.15, 0.2) is 388 Å². The standard InChI is InChI=1S/C144H142/c1-135(2,3)117-53-36-92(37-54-117)101-72-102(93-38-55-118(56-39-93)136(4,5)6)77-109(76-101)113-84-114(110-78-103(94-40-57-119(58-41-94)137(7,8)9)73-104(79-110)95-42-59-120(60-43-95)138(10,11)12)87-125(86-113)144(131-71-70-130-133(127-34-30-31-35-129(127)143(130,25)26)134(131)128-69-52-100(90-132(128)144)91-32-28-27-29-33-91)126-88-115(111-80-105(96-44-61-121(62-45-96)139(13,14)15)74-106(81-111)97-46-63-122(64-47-97)140(16,17)18)85-116(89-126)112-82-107(98-48-65-123(66-49-98)141(19,20)21)75-108(83-112)99-50-67-124(68-51-99)142(22,23)24/h27-90H,1-26H3. The summed E-state index contributed by atoms with van der Waals surface area (Å²) < 4.78 is 0. The predicted octanol–water partition coefficient (Wildman–Crippen LogP) is 40.4. The molecule has 0 heteroatoms. The molecular formula is C144H142. The maximum Gasteiger partial charge on any atom is 0.0714 e. The first-order valence-corrected chi connectivity index (χ1v) is 52.3. The molecule has 0 saturated carbocycles. The highest BCUT2D eigenvalue weighted by Crippen LogP contribution is 2.65. The Bertz CT molecular complexity index is 6880. The van der Waals surface area contributed by atoms with Crippen LogP contribution in [-0.4, -0.2) is 0 Å². The second-order valence-corrected chi connectivity index (χ2v) is 50.4. The van der Waals surface area contributed by atoms with Crippen molar-refractivity contribution >= 4 is 0 Å². The molecule has 0 N–H and O–H groups in total. The minimum atomic E-state index is -1.14. The third-order valence-corrected chi connectivity index (χ3v) is 31.4. The van der Waals surface area contributed by atoms with Gasteiger partial charge in [-0.25, -0.2) is 0 Å². The van der Waals surface area contributed by atoms with E-state index in [0.717, 1.165) is 156 Å². The van der Waals surface area contributed by atoms with Crippen molar-refractivity contribution in [3.05, 3.63) is 466 Å². The average molecular weight is 1870 g/mol. The lowest BCUT2D eigenvalue weighted by molar-refractivity contribution is 0.590. The molecule has 2 aliphatic carbocycles. The second kappa shape index (κ2) is 36.1. The van der Waals surface area contributed by atoms with Gasteiger partial charge in [0.05, 0.1) is 5.41 Å². The molecule has 0 saturated heterocycles. The van der Waals surface area contributed by atoms with Gasteiger partial charge >= 0.3 is 0 Å². The van der Waals surface area contributed by atoms with Crippen LogP contribution in [-0.2, 0) is 54.1 Å². The van der Waals surface area contributed by atoms with Crippen molar-refractivity contribution in [1.29, 1.82) is 0 Å². The maximum atomic E-state index is 2.66. The van der Waals surface area contributed by atoms with Gasteiger partial charge in [0.2, 0.25) is 0 Å². The largest absolute Gasteiger partial charge is 0.0714 e. The first-order valence-electron chi connectivity index (χ1n) is 52.3. The highest BCUT2D eigenvalue weighted by Gasteiger charge is 2.51. The van der Waals surface area contributed by atoms with E-state index in [9.17, 15) is 0 Å². The summed E-state index contributed by atoms with van der Waals surface area (Å²) in [5, 5.41) is 0. The summed E-state index contributed by atoms with van der Waals surface area (Å²) in [5.74, 6) is 0. The number of benzene rings is 18. The number of hydrogen-bond donors (Lipinski definition) is 0. The molecule has 718 valence electrons. The smallest absolute Gasteiger partial charge is 0.0622 e. The van der Waals surface area contributed by atoms with Crippen LogP contribution in [0.5, 0.6) is 0 Å². The molecule has 0 radical (unpaired) electrons. The zero-order valence-electron chi connectivity index (χ0n) is 90.0. The minimum absolute atomic E-state index is 0.0506. The Balaban J connectivity index is 0.982. The van der Waals surface area contributed by atoms with E-state index in [4.69, 9.17) is 0 Å². The molecule has 0 aliphatic heterocycles. The van der Waals surface area contributed by atoms with Crippen LogP contribution in [0.3, 0.4) is 0 Å². The molecule has 0 unspecified atom stereocenters. The molecule has 0 bridgehead atoms. The first-order chi connectivity index (χ1) is 68.1. The van der Waals surface area contributed by atoms with Crippen molar-refractivity contribution in [1.82, 2.24) is 0 Å². The molecule has 2 aliphatic rings. The van der Waals surface area contributed by atoms with Crippen LogP contribution in [0.2, 0.25) is 0 Å². The lowest BCUT2D eigenvalue weighted by atomic mass is 9.65. The van der Waals surface area contributed by atoms with Crippen molar-refractivity contribution < 1.29 is 0 Å². The molecule has 0 atom stereocenters. The summed E-state index contributed by atoms with van der Waals surface area (Å²) in [4.78, 5) is 0. The van der Waals surface area contributed by atoms with Gasteiger partial charge in [-0.05, 0) is 403 Å². The fourth-order valence-corrected chi connectivity index (χ4v) is 22.4. The second-order valence-electron chi connectivity index (χ2n) is 50.4. The van der Waals surface area contributed by atoms with Gasteiger partial charge in [0.25, 0.3) is 0 Å². The van der Waals surface area contributed by atoms with E-state index < -0.39 is 5.41 Å². The SMILES string of the molecule is CC(C)(C)c1ccc(-c2cc(-c3ccc(C(C)(C)C)cc3)cc(-c3cc(-c4cc(-c5ccc(C(C)(C)C)cc5)cc(-c5ccc(C(C)(C)C)cc5)c4)cc(C4(c5cc(-c6cc(-c7ccc(C(C)(C)C)cc7)cc(-c7ccc(C(C)(C)C)cc7)c6)cc(-c6cc(-c7ccc(C(C)(C)C)cc7)cc(-c7ccc(C(C)(C)C)cc7)c6)c5)c5cc(-c6ccccc6)ccc5-c5c4ccc4c5-c5ccccc5C4(C)C)c3)c2)cc1. The van der Waals surface area contributed by atoms with Gasteiger partial charge in [0.15, 0.2) is 0 Å². The Morgan fingerprint density at radius 1 is 0.132 bits per heavy atom. The summed E-state index contributed by atoms with van der Waals surface area (Å²) in [6, 6.07) is 154. The molecule has 0 nitrogen and oxygen atoms in total. The van der Waals surface area contributed by atoms with Crippen LogP contribution < -0.4 is 0 Å². The van der Waals surface area contributed by atoms with Gasteiger partial charge in [-0.15, -0.1) is 0 Å². The Kier molecular flexibility index (Phi) is 24.4. The van der Waals surface area contributed by atoms with Crippen LogP contribution in [0.4, 0.5) is 0 Å². The number of fused-ring (bicyclic) bond motifs is 7. The molecule has 144 heavy (non-hydrogen) atoms. The van der Waals surface area contributed by atoms with E-state index >= 15 is 0 Å². The zero-order valence-corrected chi connectivity index (χ0v) is 90.0. The molecule has 18 aromatic carbocycles. The van der Waals surface area contributed by atoms with Crippen LogP contribution in [0.25, 0.3) is 167 Å². The summed E-state index contributed by atoms with van der Waals surface area (Å²) in [5.41, 5.74) is 50.7. The van der Waals surface area contributed by atoms with Gasteiger partial charge < -0.3 is 0 Å². The molecule has 0 amide bonds. The van der Waals surface area contributed by atoms with Gasteiger partial charge in [0.1, 0.15) is 0 Å². The molecule has 0 aromatic heterocycles. The van der Waals surface area contributed by atoms with Crippen LogP contribution in [0, 0.1) is 0 Å². The van der Waals surface area contributed by atoms with E-state index in [1.54, 1.807) is 0 Å². The lowest BCUT2D eigenvalue weighted by Gasteiger charge is -2.36. The van der Waals surface area contributed by atoms with E-state index in [2.05, 4.69) is 568 Å². The topological polar surface area (TPSA) is 0 Å². The van der Waals surface area contributed by atoms with Gasteiger partial charge in [-0.1, -0.05) is 453 Å². The van der Waals surface area contributed by atoms with E-state index in [-0.39, 0.29) is 48.7 Å². The third-order valence-electron chi connectivity index (χ3n) is 31.4. The number of rotatable bonds is 15. The summed E-state index contributed by atoms with van der Waals surface area (Å²) >= 11 is 0. The minimum Gasteiger partial charge on any atom is -0.0622 e. The van der Waals surface area contributed by atoms with Crippen molar-refractivity contribution in [2.75, 3.05) is 0 Å². The Labute approximate surface area is 861 Å². The number of hydrogen-bond acceptors (Lipinski definition) is 0.